The average Bonchev–Trinajstić information content (AvgIpc) is 3.13. The lowest BCUT2D eigenvalue weighted by molar-refractivity contribution is -0.116. The van der Waals surface area contributed by atoms with Crippen molar-refractivity contribution in [2.75, 3.05) is 5.32 Å². The van der Waals surface area contributed by atoms with E-state index in [1.807, 2.05) is 51.1 Å². The minimum absolute atomic E-state index is 0.00796. The Kier molecular flexibility index (Phi) is 4.52. The minimum Gasteiger partial charge on any atom is -0.310 e. The summed E-state index contributed by atoms with van der Waals surface area (Å²) < 4.78 is 2.67. The zero-order valence-electron chi connectivity index (χ0n) is 15.2. The van der Waals surface area contributed by atoms with Gasteiger partial charge in [-0.25, -0.2) is 4.68 Å². The van der Waals surface area contributed by atoms with Crippen molar-refractivity contribution in [3.8, 4) is 5.69 Å². The second-order valence-electron chi connectivity index (χ2n) is 6.73. The van der Waals surface area contributed by atoms with Gasteiger partial charge in [0.2, 0.25) is 5.91 Å². The Labute approximate surface area is 169 Å². The van der Waals surface area contributed by atoms with Gasteiger partial charge in [-0.15, -0.1) is 11.3 Å². The van der Waals surface area contributed by atoms with Crippen LogP contribution in [0, 0.1) is 20.8 Å². The zero-order chi connectivity index (χ0) is 19.3. The number of Topliss-reactive ketones (excluding diaryl/α,β-unsaturated/α-hetero) is 1. The molecule has 0 saturated carbocycles. The largest absolute Gasteiger partial charge is 0.310 e. The predicted octanol–water partition coefficient (Wildman–Crippen LogP) is 4.93. The predicted molar refractivity (Wildman–Crippen MR) is 110 cm³/mol. The fourth-order valence-corrected chi connectivity index (χ4v) is 4.80. The molecule has 0 radical (unpaired) electrons. The number of ketones is 1. The van der Waals surface area contributed by atoms with Crippen LogP contribution in [0.15, 0.2) is 34.8 Å². The topological polar surface area (TPSA) is 64.0 Å². The van der Waals surface area contributed by atoms with E-state index in [0.717, 1.165) is 31.2 Å². The Morgan fingerprint density at radius 3 is 2.59 bits per heavy atom. The third kappa shape index (κ3) is 3.15. The number of anilines is 1. The molecule has 0 spiro atoms. The van der Waals surface area contributed by atoms with Gasteiger partial charge in [0.25, 0.3) is 0 Å². The highest BCUT2D eigenvalue weighted by atomic mass is 79.9. The Bertz CT molecular complexity index is 1070. The van der Waals surface area contributed by atoms with Crippen molar-refractivity contribution >= 4 is 44.8 Å². The summed E-state index contributed by atoms with van der Waals surface area (Å²) in [5, 5.41) is 7.54. The maximum Gasteiger partial charge on any atom is 0.226 e. The molecule has 7 heteroatoms. The summed E-state index contributed by atoms with van der Waals surface area (Å²) in [5.41, 5.74) is 3.11. The van der Waals surface area contributed by atoms with Crippen LogP contribution in [0.25, 0.3) is 5.69 Å². The molecule has 0 aliphatic carbocycles. The van der Waals surface area contributed by atoms with Gasteiger partial charge in [-0.05, 0) is 51.1 Å². The number of aromatic nitrogens is 2. The normalized spacial score (nSPS) is 16.1. The molecular formula is C20H18BrN3O2S. The van der Waals surface area contributed by atoms with E-state index >= 15 is 0 Å². The molecule has 1 aliphatic rings. The van der Waals surface area contributed by atoms with Gasteiger partial charge < -0.3 is 5.32 Å². The van der Waals surface area contributed by atoms with Crippen LogP contribution in [-0.2, 0) is 4.79 Å². The van der Waals surface area contributed by atoms with Crippen molar-refractivity contribution in [1.82, 2.24) is 9.78 Å². The van der Waals surface area contributed by atoms with Crippen molar-refractivity contribution in [2.45, 2.75) is 33.1 Å². The molecule has 0 bridgehead atoms. The van der Waals surface area contributed by atoms with Crippen molar-refractivity contribution < 1.29 is 9.59 Å². The highest BCUT2D eigenvalue weighted by molar-refractivity contribution is 9.10. The number of hydrogen-bond acceptors (Lipinski definition) is 4. The number of hydrogen-bond donors (Lipinski definition) is 1. The van der Waals surface area contributed by atoms with Crippen molar-refractivity contribution in [2.24, 2.45) is 0 Å². The lowest BCUT2D eigenvalue weighted by atomic mass is 9.85. The summed E-state index contributed by atoms with van der Waals surface area (Å²) in [6.45, 7) is 5.83. The van der Waals surface area contributed by atoms with E-state index in [1.165, 1.54) is 0 Å². The number of nitrogens with one attached hydrogen (secondary N) is 1. The van der Waals surface area contributed by atoms with Gasteiger partial charge in [0.05, 0.1) is 17.3 Å². The zero-order valence-corrected chi connectivity index (χ0v) is 17.6. The Morgan fingerprint density at radius 2 is 1.96 bits per heavy atom. The molecule has 138 valence electrons. The maximum absolute atomic E-state index is 13.3. The Hall–Kier alpha value is -2.25. The molecule has 27 heavy (non-hydrogen) atoms. The summed E-state index contributed by atoms with van der Waals surface area (Å²) in [4.78, 5) is 27.8. The molecule has 0 saturated heterocycles. The van der Waals surface area contributed by atoms with Crippen molar-refractivity contribution in [1.29, 1.82) is 0 Å². The molecular weight excluding hydrogens is 426 g/mol. The van der Waals surface area contributed by atoms with E-state index in [9.17, 15) is 9.59 Å². The number of fused-ring (bicyclic) bond motifs is 1. The standard InChI is InChI=1S/C20H18BrN3O2S/c1-10-8-15(12(3)27-10)19(26)16-9-17(25)22-20-18(16)11(2)23-24(20)14-6-4-13(21)5-7-14/h4-8,16H,9H2,1-3H3,(H,22,25). The summed E-state index contributed by atoms with van der Waals surface area (Å²) in [5.74, 6) is -0.0882. The minimum atomic E-state index is -0.509. The van der Waals surface area contributed by atoms with Crippen LogP contribution < -0.4 is 5.32 Å². The van der Waals surface area contributed by atoms with Crippen LogP contribution in [0.3, 0.4) is 0 Å². The van der Waals surface area contributed by atoms with Crippen LogP contribution in [0.1, 0.15) is 43.7 Å². The van der Waals surface area contributed by atoms with Crippen LogP contribution >= 0.6 is 27.3 Å². The lowest BCUT2D eigenvalue weighted by Gasteiger charge is -2.23. The third-order valence-corrected chi connectivity index (χ3v) is 6.29. The van der Waals surface area contributed by atoms with Crippen LogP contribution in [0.5, 0.6) is 0 Å². The number of thiophene rings is 1. The van der Waals surface area contributed by atoms with E-state index < -0.39 is 5.92 Å². The van der Waals surface area contributed by atoms with Gasteiger partial charge in [0.1, 0.15) is 5.82 Å². The molecule has 3 aromatic rings. The van der Waals surface area contributed by atoms with Crippen LogP contribution in [0.2, 0.25) is 0 Å². The number of carbonyl (C=O) groups excluding carboxylic acids is 2. The van der Waals surface area contributed by atoms with Gasteiger partial charge in [0.15, 0.2) is 5.78 Å². The van der Waals surface area contributed by atoms with E-state index in [-0.39, 0.29) is 18.1 Å². The first kappa shape index (κ1) is 18.1. The Balaban J connectivity index is 1.83. The van der Waals surface area contributed by atoms with Gasteiger partial charge >= 0.3 is 0 Å². The van der Waals surface area contributed by atoms with E-state index in [0.29, 0.717) is 11.4 Å². The summed E-state index contributed by atoms with van der Waals surface area (Å²) in [7, 11) is 0. The van der Waals surface area contributed by atoms with Crippen molar-refractivity contribution in [3.05, 3.63) is 61.4 Å². The molecule has 0 fully saturated rings. The molecule has 1 amide bonds. The van der Waals surface area contributed by atoms with Gasteiger partial charge in [-0.2, -0.15) is 5.10 Å². The highest BCUT2D eigenvalue weighted by Gasteiger charge is 2.37. The van der Waals surface area contributed by atoms with Gasteiger partial charge in [-0.1, -0.05) is 15.9 Å². The first-order chi connectivity index (χ1) is 12.8. The summed E-state index contributed by atoms with van der Waals surface area (Å²) in [6.07, 6.45) is 0.146. The molecule has 5 nitrogen and oxygen atoms in total. The fraction of sp³-hybridized carbons (Fsp3) is 0.250. The number of rotatable bonds is 3. The smallest absolute Gasteiger partial charge is 0.226 e. The number of benzene rings is 1. The number of carbonyl (C=O) groups is 2. The SMILES string of the molecule is Cc1cc(C(=O)C2CC(=O)Nc3c2c(C)nn3-c2ccc(Br)cc2)c(C)s1. The number of nitrogens with zero attached hydrogens (tertiary/aromatic N) is 2. The molecule has 1 N–H and O–H groups in total. The molecule has 1 atom stereocenters. The third-order valence-electron chi connectivity index (χ3n) is 4.80. The average molecular weight is 444 g/mol. The number of halogens is 1. The quantitative estimate of drug-likeness (QED) is 0.583. The monoisotopic (exact) mass is 443 g/mol. The second-order valence-corrected chi connectivity index (χ2v) is 9.11. The first-order valence-electron chi connectivity index (χ1n) is 8.61. The van der Waals surface area contributed by atoms with Crippen molar-refractivity contribution in [3.63, 3.8) is 0 Å². The molecule has 2 aromatic heterocycles. The van der Waals surface area contributed by atoms with Gasteiger partial charge in [-0.3, -0.25) is 9.59 Å². The summed E-state index contributed by atoms with van der Waals surface area (Å²) >= 11 is 5.03. The Morgan fingerprint density at radius 1 is 1.26 bits per heavy atom. The van der Waals surface area contributed by atoms with E-state index in [4.69, 9.17) is 0 Å². The van der Waals surface area contributed by atoms with E-state index in [1.54, 1.807) is 16.0 Å². The molecule has 1 aromatic carbocycles. The maximum atomic E-state index is 13.3. The first-order valence-corrected chi connectivity index (χ1v) is 10.2. The van der Waals surface area contributed by atoms with Crippen LogP contribution in [0.4, 0.5) is 5.82 Å². The highest BCUT2D eigenvalue weighted by Crippen LogP contribution is 2.39. The number of amides is 1. The molecule has 3 heterocycles. The molecule has 1 aliphatic heterocycles. The second kappa shape index (κ2) is 6.73. The molecule has 4 rings (SSSR count). The fourth-order valence-electron chi connectivity index (χ4n) is 3.60. The number of aryl methyl sites for hydroxylation is 3. The molecule has 1 unspecified atom stereocenters. The van der Waals surface area contributed by atoms with Crippen LogP contribution in [-0.4, -0.2) is 21.5 Å². The van der Waals surface area contributed by atoms with Gasteiger partial charge in [0, 0.05) is 31.8 Å². The lowest BCUT2D eigenvalue weighted by Crippen LogP contribution is -2.28. The summed E-state index contributed by atoms with van der Waals surface area (Å²) in [6, 6.07) is 9.59. The van der Waals surface area contributed by atoms with E-state index in [2.05, 4.69) is 26.3 Å².